The first-order valence-electron chi connectivity index (χ1n) is 6.96. The molecule has 0 bridgehead atoms. The predicted octanol–water partition coefficient (Wildman–Crippen LogP) is 1.76. The van der Waals surface area contributed by atoms with Gasteiger partial charge in [0.2, 0.25) is 0 Å². The molecule has 1 atom stereocenters. The number of hydrogen-bond acceptors (Lipinski definition) is 3. The summed E-state index contributed by atoms with van der Waals surface area (Å²) in [6, 6.07) is 0.885. The topological polar surface area (TPSA) is 38.5 Å². The predicted molar refractivity (Wildman–Crippen MR) is 66.5 cm³/mol. The smallest absolute Gasteiger partial charge is 0.0576 e. The van der Waals surface area contributed by atoms with Gasteiger partial charge in [0.1, 0.15) is 0 Å². The van der Waals surface area contributed by atoms with Gasteiger partial charge in [-0.15, -0.1) is 0 Å². The Morgan fingerprint density at radius 2 is 1.94 bits per heavy atom. The van der Waals surface area contributed by atoms with Gasteiger partial charge in [-0.2, -0.15) is 0 Å². The van der Waals surface area contributed by atoms with E-state index in [1.165, 1.54) is 51.6 Å². The summed E-state index contributed by atoms with van der Waals surface area (Å²) < 4.78 is 5.65. The van der Waals surface area contributed by atoms with Crippen molar-refractivity contribution in [2.75, 3.05) is 26.2 Å². The van der Waals surface area contributed by atoms with Gasteiger partial charge in [-0.25, -0.2) is 0 Å². The van der Waals surface area contributed by atoms with Crippen molar-refractivity contribution in [3.05, 3.63) is 0 Å². The molecule has 1 aliphatic heterocycles. The summed E-state index contributed by atoms with van der Waals surface area (Å²) in [5, 5.41) is 0. The Kier molecular flexibility index (Phi) is 5.07. The maximum absolute atomic E-state index is 5.65. The van der Waals surface area contributed by atoms with E-state index >= 15 is 0 Å². The zero-order valence-corrected chi connectivity index (χ0v) is 10.4. The molecule has 2 aliphatic rings. The van der Waals surface area contributed by atoms with Crippen molar-refractivity contribution in [2.24, 2.45) is 5.73 Å². The molecule has 2 rings (SSSR count). The average Bonchev–Trinajstić information content (AvgIpc) is 3.01. The van der Waals surface area contributed by atoms with Crippen molar-refractivity contribution in [1.29, 1.82) is 0 Å². The van der Waals surface area contributed by atoms with Crippen LogP contribution in [0, 0.1) is 0 Å². The van der Waals surface area contributed by atoms with Crippen LogP contribution in [0.3, 0.4) is 0 Å². The maximum atomic E-state index is 5.65. The first-order valence-corrected chi connectivity index (χ1v) is 6.96. The van der Waals surface area contributed by atoms with Gasteiger partial charge in [-0.1, -0.05) is 0 Å². The molecule has 0 radical (unpaired) electrons. The van der Waals surface area contributed by atoms with Crippen molar-refractivity contribution in [1.82, 2.24) is 4.90 Å². The molecule has 1 heterocycles. The Morgan fingerprint density at radius 1 is 1.12 bits per heavy atom. The van der Waals surface area contributed by atoms with Crippen LogP contribution >= 0.6 is 0 Å². The minimum atomic E-state index is 0.565. The van der Waals surface area contributed by atoms with Crippen molar-refractivity contribution in [2.45, 2.75) is 57.1 Å². The second kappa shape index (κ2) is 6.58. The minimum absolute atomic E-state index is 0.565. The van der Waals surface area contributed by atoms with Crippen LogP contribution in [-0.2, 0) is 4.74 Å². The van der Waals surface area contributed by atoms with Gasteiger partial charge >= 0.3 is 0 Å². The minimum Gasteiger partial charge on any atom is -0.378 e. The molecule has 1 aliphatic carbocycles. The second-order valence-electron chi connectivity index (χ2n) is 5.19. The Labute approximate surface area is 99.3 Å². The van der Waals surface area contributed by atoms with Gasteiger partial charge in [-0.3, -0.25) is 0 Å². The van der Waals surface area contributed by atoms with Crippen LogP contribution in [0.1, 0.15) is 44.9 Å². The zero-order valence-electron chi connectivity index (χ0n) is 10.4. The van der Waals surface area contributed by atoms with E-state index in [4.69, 9.17) is 10.5 Å². The van der Waals surface area contributed by atoms with Crippen LogP contribution in [0.4, 0.5) is 0 Å². The van der Waals surface area contributed by atoms with Crippen LogP contribution < -0.4 is 5.73 Å². The van der Waals surface area contributed by atoms with Gasteiger partial charge in [0.15, 0.2) is 0 Å². The van der Waals surface area contributed by atoms with Crippen molar-refractivity contribution >= 4 is 0 Å². The van der Waals surface area contributed by atoms with Gasteiger partial charge in [0.05, 0.1) is 6.10 Å². The lowest BCUT2D eigenvalue weighted by Gasteiger charge is -2.22. The quantitative estimate of drug-likeness (QED) is 0.685. The summed E-state index contributed by atoms with van der Waals surface area (Å²) in [5.74, 6) is 0. The molecule has 2 fully saturated rings. The van der Waals surface area contributed by atoms with Gasteiger partial charge < -0.3 is 15.4 Å². The fourth-order valence-electron chi connectivity index (χ4n) is 2.61. The molecule has 0 aromatic rings. The molecule has 1 saturated heterocycles. The van der Waals surface area contributed by atoms with Crippen LogP contribution in [0.5, 0.6) is 0 Å². The molecule has 3 heteroatoms. The SMILES string of the molecule is NCCCN(CCCC1CCCO1)C1CC1. The van der Waals surface area contributed by atoms with Crippen molar-refractivity contribution < 1.29 is 4.74 Å². The third-order valence-electron chi connectivity index (χ3n) is 3.71. The number of rotatable bonds is 8. The molecule has 0 aromatic carbocycles. The number of nitrogens with zero attached hydrogens (tertiary/aromatic N) is 1. The van der Waals surface area contributed by atoms with Gasteiger partial charge in [0.25, 0.3) is 0 Å². The van der Waals surface area contributed by atoms with Crippen molar-refractivity contribution in [3.8, 4) is 0 Å². The van der Waals surface area contributed by atoms with E-state index in [1.807, 2.05) is 0 Å². The van der Waals surface area contributed by atoms with E-state index in [-0.39, 0.29) is 0 Å². The summed E-state index contributed by atoms with van der Waals surface area (Å²) in [7, 11) is 0. The van der Waals surface area contributed by atoms with Crippen molar-refractivity contribution in [3.63, 3.8) is 0 Å². The van der Waals surface area contributed by atoms with E-state index in [0.29, 0.717) is 6.10 Å². The Morgan fingerprint density at radius 3 is 2.56 bits per heavy atom. The Hall–Kier alpha value is -0.120. The fraction of sp³-hybridized carbons (Fsp3) is 1.00. The highest BCUT2D eigenvalue weighted by atomic mass is 16.5. The number of hydrogen-bond donors (Lipinski definition) is 1. The molecule has 16 heavy (non-hydrogen) atoms. The molecule has 0 spiro atoms. The zero-order chi connectivity index (χ0) is 11.2. The first kappa shape index (κ1) is 12.3. The van der Waals surface area contributed by atoms with Crippen LogP contribution in [-0.4, -0.2) is 43.3 Å². The summed E-state index contributed by atoms with van der Waals surface area (Å²) in [6.07, 6.45) is 9.63. The lowest BCUT2D eigenvalue weighted by Crippen LogP contribution is -2.30. The van der Waals surface area contributed by atoms with E-state index in [9.17, 15) is 0 Å². The molecule has 1 saturated carbocycles. The summed E-state index contributed by atoms with van der Waals surface area (Å²) in [4.78, 5) is 2.64. The molecule has 0 amide bonds. The first-order chi connectivity index (χ1) is 7.90. The largest absolute Gasteiger partial charge is 0.378 e. The Balaban J connectivity index is 1.57. The summed E-state index contributed by atoms with van der Waals surface area (Å²) >= 11 is 0. The lowest BCUT2D eigenvalue weighted by molar-refractivity contribution is 0.0982. The molecular formula is C13H26N2O. The molecule has 3 nitrogen and oxygen atoms in total. The maximum Gasteiger partial charge on any atom is 0.0576 e. The number of ether oxygens (including phenoxy) is 1. The highest BCUT2D eigenvalue weighted by Gasteiger charge is 2.28. The van der Waals surface area contributed by atoms with E-state index in [0.717, 1.165) is 25.6 Å². The van der Waals surface area contributed by atoms with Crippen LogP contribution in [0.25, 0.3) is 0 Å². The van der Waals surface area contributed by atoms with E-state index in [2.05, 4.69) is 4.90 Å². The fourth-order valence-corrected chi connectivity index (χ4v) is 2.61. The highest BCUT2D eigenvalue weighted by Crippen LogP contribution is 2.27. The molecule has 94 valence electrons. The third kappa shape index (κ3) is 4.04. The average molecular weight is 226 g/mol. The third-order valence-corrected chi connectivity index (χ3v) is 3.71. The van der Waals surface area contributed by atoms with E-state index < -0.39 is 0 Å². The monoisotopic (exact) mass is 226 g/mol. The summed E-state index contributed by atoms with van der Waals surface area (Å²) in [5.41, 5.74) is 5.58. The Bertz CT molecular complexity index is 188. The summed E-state index contributed by atoms with van der Waals surface area (Å²) in [6.45, 7) is 4.27. The molecule has 1 unspecified atom stereocenters. The molecule has 2 N–H and O–H groups in total. The van der Waals surface area contributed by atoms with E-state index in [1.54, 1.807) is 0 Å². The van der Waals surface area contributed by atoms with Crippen LogP contribution in [0.15, 0.2) is 0 Å². The normalized spacial score (nSPS) is 25.5. The highest BCUT2D eigenvalue weighted by molar-refractivity contribution is 4.84. The lowest BCUT2D eigenvalue weighted by atomic mass is 10.1. The number of nitrogens with two attached hydrogens (primary N) is 1. The standard InChI is InChI=1S/C13H26N2O/c14-8-3-10-15(12-6-7-12)9-1-4-13-5-2-11-16-13/h12-13H,1-11,14H2. The molecular weight excluding hydrogens is 200 g/mol. The van der Waals surface area contributed by atoms with Gasteiger partial charge in [0, 0.05) is 12.6 Å². The molecule has 0 aromatic heterocycles. The second-order valence-corrected chi connectivity index (χ2v) is 5.19. The van der Waals surface area contributed by atoms with Crippen LogP contribution in [0.2, 0.25) is 0 Å². The van der Waals surface area contributed by atoms with Gasteiger partial charge in [-0.05, 0) is 64.6 Å².